The number of rotatable bonds is 16. The van der Waals surface area contributed by atoms with E-state index in [-0.39, 0.29) is 12.4 Å². The molecule has 1 nitrogen and oxygen atoms in total. The largest absolute Gasteiger partial charge is 1.00 e. The van der Waals surface area contributed by atoms with E-state index in [0.717, 1.165) is 0 Å². The summed E-state index contributed by atoms with van der Waals surface area (Å²) >= 11 is 0. The van der Waals surface area contributed by atoms with Crippen LogP contribution in [0.15, 0.2) is 0 Å². The van der Waals surface area contributed by atoms with Gasteiger partial charge in [-0.3, -0.25) is 0 Å². The summed E-state index contributed by atoms with van der Waals surface area (Å²) in [5.41, 5.74) is 0. The van der Waals surface area contributed by atoms with Crippen LogP contribution < -0.4 is 17.7 Å². The molecule has 0 aromatic rings. The Hall–Kier alpha value is 0.250. The van der Waals surface area contributed by atoms with Crippen molar-refractivity contribution in [3.05, 3.63) is 0 Å². The van der Waals surface area contributed by atoms with Crippen LogP contribution in [0.3, 0.4) is 0 Å². The van der Waals surface area contributed by atoms with E-state index in [0.29, 0.717) is 0 Å². The van der Waals surface area contributed by atoms with Crippen molar-refractivity contribution in [2.75, 3.05) is 13.1 Å². The third-order valence-electron chi connectivity index (χ3n) is 4.02. The summed E-state index contributed by atoms with van der Waals surface area (Å²) in [5, 5.41) is 2.50. The smallest absolute Gasteiger partial charge is 0.0755 e. The molecule has 20 heavy (non-hydrogen) atoms. The van der Waals surface area contributed by atoms with E-state index in [1.54, 1.807) is 0 Å². The Bertz CT molecular complexity index is 134. The highest BCUT2D eigenvalue weighted by atomic mass is 35.5. The molecule has 0 aliphatic carbocycles. The first kappa shape index (κ1) is 22.5. The Morgan fingerprint density at radius 1 is 0.450 bits per heavy atom. The highest BCUT2D eigenvalue weighted by Gasteiger charge is 1.94. The molecule has 0 unspecified atom stereocenters. The van der Waals surface area contributed by atoms with Crippen LogP contribution >= 0.6 is 0 Å². The predicted octanol–water partition coefficient (Wildman–Crippen LogP) is 2.06. The molecule has 2 N–H and O–H groups in total. The van der Waals surface area contributed by atoms with Crippen molar-refractivity contribution in [3.8, 4) is 0 Å². The van der Waals surface area contributed by atoms with E-state index in [4.69, 9.17) is 0 Å². The van der Waals surface area contributed by atoms with E-state index >= 15 is 0 Å². The van der Waals surface area contributed by atoms with Crippen molar-refractivity contribution in [1.82, 2.24) is 0 Å². The molecule has 0 aliphatic heterocycles. The molecule has 0 radical (unpaired) electrons. The van der Waals surface area contributed by atoms with Crippen LogP contribution in [0.4, 0.5) is 0 Å². The second-order valence-corrected chi connectivity index (χ2v) is 6.11. The van der Waals surface area contributed by atoms with Gasteiger partial charge in [0.25, 0.3) is 0 Å². The average Bonchev–Trinajstić information content (AvgIpc) is 2.43. The van der Waals surface area contributed by atoms with Gasteiger partial charge in [-0.05, 0) is 19.3 Å². The Kier molecular flexibility index (Phi) is 24.3. The fraction of sp³-hybridized carbons (Fsp3) is 1.00. The van der Waals surface area contributed by atoms with E-state index in [1.807, 2.05) is 0 Å². The summed E-state index contributed by atoms with van der Waals surface area (Å²) in [6.07, 6.45) is 20.2. The van der Waals surface area contributed by atoms with Crippen molar-refractivity contribution in [2.24, 2.45) is 0 Å². The van der Waals surface area contributed by atoms with Gasteiger partial charge in [0.05, 0.1) is 13.1 Å². The molecule has 0 aromatic carbocycles. The summed E-state index contributed by atoms with van der Waals surface area (Å²) < 4.78 is 0. The van der Waals surface area contributed by atoms with Gasteiger partial charge >= 0.3 is 0 Å². The van der Waals surface area contributed by atoms with Gasteiger partial charge in [-0.1, -0.05) is 84.5 Å². The zero-order valence-corrected chi connectivity index (χ0v) is 15.0. The molecule has 124 valence electrons. The van der Waals surface area contributed by atoms with Gasteiger partial charge in [-0.15, -0.1) is 0 Å². The molecule has 0 spiro atoms. The highest BCUT2D eigenvalue weighted by molar-refractivity contribution is 4.48. The van der Waals surface area contributed by atoms with Crippen LogP contribution in [0.2, 0.25) is 0 Å². The van der Waals surface area contributed by atoms with Gasteiger partial charge in [-0.25, -0.2) is 0 Å². The number of quaternary nitrogens is 1. The molecule has 0 aromatic heterocycles. The van der Waals surface area contributed by atoms with Crippen molar-refractivity contribution in [2.45, 2.75) is 104 Å². The zero-order valence-electron chi connectivity index (χ0n) is 14.3. The summed E-state index contributed by atoms with van der Waals surface area (Å²) in [6.45, 7) is 7.27. The summed E-state index contributed by atoms with van der Waals surface area (Å²) in [6, 6.07) is 0. The Balaban J connectivity index is 0. The molecule has 0 heterocycles. The molecular weight excluding hydrogens is 266 g/mol. The lowest BCUT2D eigenvalue weighted by molar-refractivity contribution is -0.655. The molecular formula is C18H40ClN. The molecule has 0 rings (SSSR count). The third-order valence-corrected chi connectivity index (χ3v) is 4.02. The van der Waals surface area contributed by atoms with Crippen LogP contribution in [0.25, 0.3) is 0 Å². The molecule has 2 heteroatoms. The van der Waals surface area contributed by atoms with E-state index in [9.17, 15) is 0 Å². The van der Waals surface area contributed by atoms with Crippen molar-refractivity contribution in [3.63, 3.8) is 0 Å². The van der Waals surface area contributed by atoms with Crippen LogP contribution in [-0.2, 0) is 0 Å². The van der Waals surface area contributed by atoms with Gasteiger partial charge in [0.2, 0.25) is 0 Å². The minimum absolute atomic E-state index is 0. The zero-order chi connectivity index (χ0) is 14.0. The Morgan fingerprint density at radius 3 is 1.25 bits per heavy atom. The van der Waals surface area contributed by atoms with Gasteiger partial charge in [0.15, 0.2) is 0 Å². The molecule has 0 amide bonds. The average molecular weight is 306 g/mol. The van der Waals surface area contributed by atoms with Gasteiger partial charge in [0.1, 0.15) is 0 Å². The van der Waals surface area contributed by atoms with Gasteiger partial charge in [0, 0.05) is 0 Å². The van der Waals surface area contributed by atoms with Crippen LogP contribution in [0.5, 0.6) is 0 Å². The van der Waals surface area contributed by atoms with Crippen LogP contribution in [0.1, 0.15) is 104 Å². The van der Waals surface area contributed by atoms with Crippen molar-refractivity contribution >= 4 is 0 Å². The molecule has 0 fully saturated rings. The molecule has 0 bridgehead atoms. The van der Waals surface area contributed by atoms with Gasteiger partial charge < -0.3 is 17.7 Å². The van der Waals surface area contributed by atoms with Crippen LogP contribution in [0, 0.1) is 0 Å². The molecule has 0 atom stereocenters. The predicted molar refractivity (Wildman–Crippen MR) is 87.6 cm³/mol. The van der Waals surface area contributed by atoms with E-state index < -0.39 is 0 Å². The molecule has 0 saturated carbocycles. The Labute approximate surface area is 135 Å². The van der Waals surface area contributed by atoms with E-state index in [2.05, 4.69) is 19.2 Å². The van der Waals surface area contributed by atoms with Crippen molar-refractivity contribution in [1.29, 1.82) is 0 Å². The summed E-state index contributed by atoms with van der Waals surface area (Å²) in [5.74, 6) is 0. The summed E-state index contributed by atoms with van der Waals surface area (Å²) in [7, 11) is 0. The van der Waals surface area contributed by atoms with Gasteiger partial charge in [-0.2, -0.15) is 0 Å². The number of hydrogen-bond donors (Lipinski definition) is 1. The summed E-state index contributed by atoms with van der Waals surface area (Å²) in [4.78, 5) is 0. The van der Waals surface area contributed by atoms with E-state index in [1.165, 1.54) is 103 Å². The number of hydrogen-bond acceptors (Lipinski definition) is 0. The number of unbranched alkanes of at least 4 members (excludes halogenated alkanes) is 12. The maximum atomic E-state index is 2.50. The quantitative estimate of drug-likeness (QED) is 0.420. The molecule has 0 aliphatic rings. The van der Waals surface area contributed by atoms with Crippen molar-refractivity contribution < 1.29 is 17.7 Å². The standard InChI is InChI=1S/C18H39N.ClH/c1-3-5-7-8-9-10-11-12-13-14-15-16-18-19-17-6-4-2;/h19H,3-18H2,1-2H3;1H. The fourth-order valence-electron chi connectivity index (χ4n) is 2.62. The first-order chi connectivity index (χ1) is 9.41. The normalized spacial score (nSPS) is 10.5. The first-order valence-corrected chi connectivity index (χ1v) is 9.23. The van der Waals surface area contributed by atoms with Crippen LogP contribution in [-0.4, -0.2) is 13.1 Å². The lowest BCUT2D eigenvalue weighted by atomic mass is 10.1. The minimum atomic E-state index is 0. The minimum Gasteiger partial charge on any atom is -1.00 e. The third kappa shape index (κ3) is 20.6. The maximum Gasteiger partial charge on any atom is 0.0755 e. The highest BCUT2D eigenvalue weighted by Crippen LogP contribution is 2.11. The molecule has 0 saturated heterocycles. The first-order valence-electron chi connectivity index (χ1n) is 9.23. The SMILES string of the molecule is CCCCCCCCCCCCCC[NH2+]CCCC.[Cl-]. The number of nitrogens with two attached hydrogens (primary N) is 1. The topological polar surface area (TPSA) is 16.6 Å². The number of halogens is 1. The lowest BCUT2D eigenvalue weighted by Crippen LogP contribution is -3.00. The fourth-order valence-corrected chi connectivity index (χ4v) is 2.62. The Morgan fingerprint density at radius 2 is 0.800 bits per heavy atom. The maximum absolute atomic E-state index is 2.50. The second kappa shape index (κ2) is 21.5. The monoisotopic (exact) mass is 305 g/mol. The second-order valence-electron chi connectivity index (χ2n) is 6.11. The lowest BCUT2D eigenvalue weighted by Gasteiger charge is -2.03.